The van der Waals surface area contributed by atoms with Crippen LogP contribution in [0.4, 0.5) is 4.79 Å². The molecule has 3 amide bonds. The van der Waals surface area contributed by atoms with Gasteiger partial charge in [-0.15, -0.1) is 0 Å². The number of carbonyl (C=O) groups excluding carboxylic acids is 2. The monoisotopic (exact) mass is 333 g/mol. The van der Waals surface area contributed by atoms with Gasteiger partial charge in [-0.1, -0.05) is 25.1 Å². The summed E-state index contributed by atoms with van der Waals surface area (Å²) < 4.78 is 5.64. The molecule has 0 aromatic heterocycles. The third kappa shape index (κ3) is 4.88. The van der Waals surface area contributed by atoms with E-state index in [2.05, 4.69) is 12.2 Å². The summed E-state index contributed by atoms with van der Waals surface area (Å²) in [5, 5.41) is 3.00. The number of urea groups is 1. The Labute approximate surface area is 143 Å². The van der Waals surface area contributed by atoms with Gasteiger partial charge in [0.1, 0.15) is 5.75 Å². The molecule has 6 nitrogen and oxygen atoms in total. The van der Waals surface area contributed by atoms with Crippen LogP contribution in [0.5, 0.6) is 5.75 Å². The van der Waals surface area contributed by atoms with Gasteiger partial charge in [0.15, 0.2) is 6.61 Å². The number of rotatable bonds is 5. The van der Waals surface area contributed by atoms with Crippen molar-refractivity contribution in [3.8, 4) is 5.75 Å². The predicted octanol–water partition coefficient (Wildman–Crippen LogP) is 1.89. The van der Waals surface area contributed by atoms with Crippen molar-refractivity contribution in [2.75, 3.05) is 33.8 Å². The summed E-state index contributed by atoms with van der Waals surface area (Å²) >= 11 is 0. The van der Waals surface area contributed by atoms with Crippen molar-refractivity contribution in [3.05, 3.63) is 29.8 Å². The second-order valence-corrected chi connectivity index (χ2v) is 6.26. The van der Waals surface area contributed by atoms with Crippen LogP contribution in [-0.4, -0.2) is 61.6 Å². The van der Waals surface area contributed by atoms with Crippen molar-refractivity contribution < 1.29 is 14.3 Å². The van der Waals surface area contributed by atoms with E-state index in [-0.39, 0.29) is 24.6 Å². The van der Waals surface area contributed by atoms with Gasteiger partial charge in [0, 0.05) is 33.2 Å². The second-order valence-electron chi connectivity index (χ2n) is 6.26. The quantitative estimate of drug-likeness (QED) is 0.895. The number of hydrogen-bond donors (Lipinski definition) is 1. The zero-order valence-electron chi connectivity index (χ0n) is 14.7. The lowest BCUT2D eigenvalue weighted by Crippen LogP contribution is -2.49. The molecule has 1 aromatic rings. The summed E-state index contributed by atoms with van der Waals surface area (Å²) in [6, 6.07) is 7.90. The molecule has 0 radical (unpaired) electrons. The number of hydrogen-bond acceptors (Lipinski definition) is 3. The predicted molar refractivity (Wildman–Crippen MR) is 93.1 cm³/mol. The molecule has 1 aliphatic heterocycles. The third-order valence-corrected chi connectivity index (χ3v) is 4.23. The van der Waals surface area contributed by atoms with Crippen molar-refractivity contribution in [2.45, 2.75) is 32.2 Å². The highest BCUT2D eigenvalue weighted by molar-refractivity contribution is 5.78. The van der Waals surface area contributed by atoms with Gasteiger partial charge in [-0.05, 0) is 30.9 Å². The van der Waals surface area contributed by atoms with Gasteiger partial charge in [-0.3, -0.25) is 4.79 Å². The Kier molecular flexibility index (Phi) is 6.46. The molecule has 0 saturated carbocycles. The molecule has 1 N–H and O–H groups in total. The Morgan fingerprint density at radius 3 is 2.54 bits per heavy atom. The van der Waals surface area contributed by atoms with Gasteiger partial charge in [-0.2, -0.15) is 0 Å². The first-order chi connectivity index (χ1) is 11.5. The topological polar surface area (TPSA) is 61.9 Å². The maximum Gasteiger partial charge on any atom is 0.319 e. The van der Waals surface area contributed by atoms with Crippen LogP contribution in [0, 0.1) is 0 Å². The average molecular weight is 333 g/mol. The number of nitrogens with one attached hydrogen (secondary N) is 1. The van der Waals surface area contributed by atoms with Crippen LogP contribution in [0.2, 0.25) is 0 Å². The van der Waals surface area contributed by atoms with Gasteiger partial charge < -0.3 is 19.9 Å². The number of para-hydroxylation sites is 1. The van der Waals surface area contributed by atoms with Gasteiger partial charge in [-0.25, -0.2) is 4.79 Å². The molecule has 1 aromatic carbocycles. The second kappa shape index (κ2) is 8.57. The van der Waals surface area contributed by atoms with E-state index >= 15 is 0 Å². The number of piperidine rings is 1. The van der Waals surface area contributed by atoms with E-state index in [9.17, 15) is 9.59 Å². The van der Waals surface area contributed by atoms with Gasteiger partial charge in [0.25, 0.3) is 5.91 Å². The summed E-state index contributed by atoms with van der Waals surface area (Å²) in [4.78, 5) is 27.4. The summed E-state index contributed by atoms with van der Waals surface area (Å²) in [7, 11) is 3.50. The first kappa shape index (κ1) is 18.1. The van der Waals surface area contributed by atoms with Gasteiger partial charge >= 0.3 is 6.03 Å². The molecule has 1 aliphatic rings. The van der Waals surface area contributed by atoms with E-state index < -0.39 is 0 Å². The van der Waals surface area contributed by atoms with E-state index in [0.717, 1.165) is 30.6 Å². The van der Waals surface area contributed by atoms with Crippen LogP contribution in [0.3, 0.4) is 0 Å². The Bertz CT molecular complexity index is 566. The lowest BCUT2D eigenvalue weighted by Gasteiger charge is -2.33. The summed E-state index contributed by atoms with van der Waals surface area (Å²) in [6.45, 7) is 3.42. The van der Waals surface area contributed by atoms with Crippen molar-refractivity contribution >= 4 is 11.9 Å². The first-order valence-corrected chi connectivity index (χ1v) is 8.47. The zero-order chi connectivity index (χ0) is 17.5. The molecule has 0 unspecified atom stereocenters. The van der Waals surface area contributed by atoms with Crippen LogP contribution in [-0.2, 0) is 11.2 Å². The Hall–Kier alpha value is -2.24. The number of likely N-dealkylation sites (tertiary alicyclic amines) is 1. The maximum absolute atomic E-state index is 12.1. The molecule has 0 spiro atoms. The highest BCUT2D eigenvalue weighted by atomic mass is 16.5. The van der Waals surface area contributed by atoms with Crippen molar-refractivity contribution in [3.63, 3.8) is 0 Å². The fraction of sp³-hybridized carbons (Fsp3) is 0.556. The van der Waals surface area contributed by atoms with Crippen molar-refractivity contribution in [1.82, 2.24) is 15.1 Å². The fourth-order valence-corrected chi connectivity index (χ4v) is 2.85. The van der Waals surface area contributed by atoms with Crippen LogP contribution < -0.4 is 10.1 Å². The minimum Gasteiger partial charge on any atom is -0.483 e. The smallest absolute Gasteiger partial charge is 0.319 e. The van der Waals surface area contributed by atoms with E-state index in [1.54, 1.807) is 19.0 Å². The summed E-state index contributed by atoms with van der Waals surface area (Å²) in [6.07, 6.45) is 2.42. The summed E-state index contributed by atoms with van der Waals surface area (Å²) in [5.41, 5.74) is 1.10. The summed E-state index contributed by atoms with van der Waals surface area (Å²) in [5.74, 6) is 0.653. The van der Waals surface area contributed by atoms with Crippen molar-refractivity contribution in [2.24, 2.45) is 0 Å². The normalized spacial score (nSPS) is 15.0. The number of amides is 3. The molecular weight excluding hydrogens is 306 g/mol. The maximum atomic E-state index is 12.1. The van der Waals surface area contributed by atoms with Crippen molar-refractivity contribution in [1.29, 1.82) is 0 Å². The van der Waals surface area contributed by atoms with E-state index in [4.69, 9.17) is 4.74 Å². The van der Waals surface area contributed by atoms with Crippen LogP contribution in [0.25, 0.3) is 0 Å². The highest BCUT2D eigenvalue weighted by Gasteiger charge is 2.24. The minimum absolute atomic E-state index is 0.0217. The molecular formula is C18H27N3O3. The molecule has 0 bridgehead atoms. The standard InChI is InChI=1S/C18H27N3O3/c1-4-14-7-5-6-8-16(14)24-13-17(22)19-15-9-11-21(12-10-15)18(23)20(2)3/h5-8,15H,4,9-13H2,1-3H3,(H,19,22). The average Bonchev–Trinajstić information content (AvgIpc) is 2.60. The highest BCUT2D eigenvalue weighted by Crippen LogP contribution is 2.18. The van der Waals surface area contributed by atoms with Crippen LogP contribution >= 0.6 is 0 Å². The van der Waals surface area contributed by atoms with Crippen LogP contribution in [0.1, 0.15) is 25.3 Å². The lowest BCUT2D eigenvalue weighted by molar-refractivity contribution is -0.124. The molecule has 1 fully saturated rings. The lowest BCUT2D eigenvalue weighted by atomic mass is 10.1. The van der Waals surface area contributed by atoms with Gasteiger partial charge in [0.05, 0.1) is 0 Å². The zero-order valence-corrected chi connectivity index (χ0v) is 14.7. The Balaban J connectivity index is 1.75. The number of ether oxygens (including phenoxy) is 1. The number of benzene rings is 1. The molecule has 24 heavy (non-hydrogen) atoms. The number of aryl methyl sites for hydroxylation is 1. The van der Waals surface area contributed by atoms with E-state index in [1.165, 1.54) is 0 Å². The molecule has 2 rings (SSSR count). The van der Waals surface area contributed by atoms with E-state index in [0.29, 0.717) is 13.1 Å². The minimum atomic E-state index is -0.113. The molecule has 6 heteroatoms. The SMILES string of the molecule is CCc1ccccc1OCC(=O)NC1CCN(C(=O)N(C)C)CC1. The first-order valence-electron chi connectivity index (χ1n) is 8.47. The largest absolute Gasteiger partial charge is 0.483 e. The fourth-order valence-electron chi connectivity index (χ4n) is 2.85. The van der Waals surface area contributed by atoms with Crippen LogP contribution in [0.15, 0.2) is 24.3 Å². The molecule has 132 valence electrons. The molecule has 0 atom stereocenters. The Morgan fingerprint density at radius 2 is 1.92 bits per heavy atom. The molecule has 0 aliphatic carbocycles. The van der Waals surface area contributed by atoms with Gasteiger partial charge in [0.2, 0.25) is 0 Å². The molecule has 1 heterocycles. The van der Waals surface area contributed by atoms with E-state index in [1.807, 2.05) is 29.2 Å². The number of carbonyl (C=O) groups is 2. The number of nitrogens with zero attached hydrogens (tertiary/aromatic N) is 2. The third-order valence-electron chi connectivity index (χ3n) is 4.23. The Morgan fingerprint density at radius 1 is 1.25 bits per heavy atom. The molecule has 1 saturated heterocycles.